The van der Waals surface area contributed by atoms with Gasteiger partial charge in [-0.1, -0.05) is 114 Å². The Kier molecular flexibility index (Phi) is 15.6. The summed E-state index contributed by atoms with van der Waals surface area (Å²) < 4.78 is 54.7. The van der Waals surface area contributed by atoms with Crippen LogP contribution in [0.25, 0.3) is 11.2 Å². The molecule has 1 fully saturated rings. The number of aliphatic hydroxyl groups excluding tert-OH is 1. The monoisotopic (exact) mass is 782 g/mol. The van der Waals surface area contributed by atoms with Gasteiger partial charge in [0.15, 0.2) is 17.0 Å². The largest absolute Gasteiger partial charge is 0.464 e. The molecule has 1 aliphatic heterocycles. The Balaban J connectivity index is 1.34. The second-order valence-electron chi connectivity index (χ2n) is 14.6. The summed E-state index contributed by atoms with van der Waals surface area (Å²) in [5.74, 6) is -0.238. The van der Waals surface area contributed by atoms with E-state index >= 15 is 0 Å². The van der Waals surface area contributed by atoms with Crippen LogP contribution in [0.5, 0.6) is 5.75 Å². The first kappa shape index (κ1) is 42.2. The maximum atomic E-state index is 14.8. The zero-order valence-electron chi connectivity index (χ0n) is 32.1. The number of hydrogen-bond acceptors (Lipinski definition) is 11. The lowest BCUT2D eigenvalue weighted by Crippen LogP contribution is -2.43. The van der Waals surface area contributed by atoms with E-state index < -0.39 is 50.4 Å². The predicted octanol–water partition coefficient (Wildman–Crippen LogP) is 8.09. The van der Waals surface area contributed by atoms with Gasteiger partial charge in [0.05, 0.1) is 25.6 Å². The van der Waals surface area contributed by atoms with Crippen molar-refractivity contribution < 1.29 is 37.4 Å². The summed E-state index contributed by atoms with van der Waals surface area (Å²) in [7, 11) is -4.39. The number of unbranched alkanes of at least 4 members (excludes halogenated alkanes) is 6. The summed E-state index contributed by atoms with van der Waals surface area (Å²) in [5, 5.41) is 14.2. The average molecular weight is 783 g/mol. The first-order valence-corrected chi connectivity index (χ1v) is 21.1. The number of fused-ring (bicyclic) bond motifs is 1. The standard InChI is InChI=1S/C40H56FN6O7P/c1-4-6-8-12-20-30(21-13-9-7-5-2)26-51-38(49)32(24-29-18-14-10-15-19-29)46-55(50,54-31-22-16-11-17-23-31)52-27-40(3)33(48)25-34(53-40)47-28-43-35-36(42)44-39(41)45-37(35)47/h10-11,14-19,22-23,28,30,32-34,48H,4-9,12-13,20-21,24-27H2,1-3H3,(H,46,50)(H2,42,44,45)/t32-,33-,34+,40+,55?/m0/s1. The number of aromatic nitrogens is 4. The van der Waals surface area contributed by atoms with Crippen molar-refractivity contribution in [2.45, 2.75) is 122 Å². The van der Waals surface area contributed by atoms with E-state index in [9.17, 15) is 18.9 Å². The molecule has 15 heteroatoms. The summed E-state index contributed by atoms with van der Waals surface area (Å²) in [6, 6.07) is 16.7. The molecular formula is C40H56FN6O7P. The first-order chi connectivity index (χ1) is 26.5. The highest BCUT2D eigenvalue weighted by Gasteiger charge is 2.48. The van der Waals surface area contributed by atoms with Crippen LogP contribution in [0.2, 0.25) is 0 Å². The van der Waals surface area contributed by atoms with Crippen LogP contribution < -0.4 is 15.3 Å². The van der Waals surface area contributed by atoms with Crippen molar-refractivity contribution in [3.8, 4) is 5.75 Å². The number of nitrogens with one attached hydrogen (secondary N) is 1. The van der Waals surface area contributed by atoms with E-state index in [0.717, 1.165) is 56.9 Å². The Labute approximate surface area is 323 Å². The predicted molar refractivity (Wildman–Crippen MR) is 209 cm³/mol. The van der Waals surface area contributed by atoms with E-state index in [1.807, 2.05) is 30.3 Å². The number of nitrogen functional groups attached to an aromatic ring is 1. The van der Waals surface area contributed by atoms with Gasteiger partial charge in [-0.3, -0.25) is 13.9 Å². The highest BCUT2D eigenvalue weighted by molar-refractivity contribution is 7.52. The number of imidazole rings is 1. The number of carbonyl (C=O) groups excluding carboxylic acids is 1. The molecule has 0 radical (unpaired) electrons. The summed E-state index contributed by atoms with van der Waals surface area (Å²) in [6.45, 7) is 5.83. The van der Waals surface area contributed by atoms with Crippen molar-refractivity contribution >= 4 is 30.7 Å². The van der Waals surface area contributed by atoms with Crippen LogP contribution in [0, 0.1) is 12.0 Å². The molecule has 4 aromatic rings. The third-order valence-electron chi connectivity index (χ3n) is 10.0. The molecule has 0 bridgehead atoms. The number of carbonyl (C=O) groups is 1. The zero-order chi connectivity index (χ0) is 39.3. The Hall–Kier alpha value is -3.94. The van der Waals surface area contributed by atoms with Crippen LogP contribution in [0.3, 0.4) is 0 Å². The smallest absolute Gasteiger partial charge is 0.459 e. The van der Waals surface area contributed by atoms with E-state index in [1.54, 1.807) is 37.3 Å². The average Bonchev–Trinajstić information content (AvgIpc) is 3.73. The summed E-state index contributed by atoms with van der Waals surface area (Å²) in [6.07, 6.45) is 9.61. The Morgan fingerprint density at radius 2 is 1.69 bits per heavy atom. The van der Waals surface area contributed by atoms with Crippen LogP contribution in [0.4, 0.5) is 10.2 Å². The molecule has 0 spiro atoms. The number of nitrogens with zero attached hydrogens (tertiary/aromatic N) is 4. The highest BCUT2D eigenvalue weighted by atomic mass is 31.2. The second kappa shape index (κ2) is 20.3. The minimum absolute atomic E-state index is 0.0507. The normalized spacial score (nSPS) is 20.1. The topological polar surface area (TPSA) is 173 Å². The third-order valence-corrected chi connectivity index (χ3v) is 11.6. The fraction of sp³-hybridized carbons (Fsp3) is 0.550. The van der Waals surface area contributed by atoms with Crippen molar-refractivity contribution in [1.82, 2.24) is 24.6 Å². The minimum atomic E-state index is -4.39. The fourth-order valence-corrected chi connectivity index (χ4v) is 8.36. The molecule has 0 aliphatic carbocycles. The van der Waals surface area contributed by atoms with Crippen LogP contribution >= 0.6 is 7.75 Å². The van der Waals surface area contributed by atoms with E-state index in [-0.39, 0.29) is 48.1 Å². The number of benzene rings is 2. The Bertz CT molecular complexity index is 1820. The molecule has 5 rings (SSSR count). The van der Waals surface area contributed by atoms with Gasteiger partial charge in [-0.25, -0.2) is 9.55 Å². The quantitative estimate of drug-likeness (QED) is 0.0286. The zero-order valence-corrected chi connectivity index (χ0v) is 33.0. The number of nitrogens with two attached hydrogens (primary N) is 1. The minimum Gasteiger partial charge on any atom is -0.464 e. The number of esters is 1. The number of para-hydroxylation sites is 1. The molecule has 1 aliphatic rings. The lowest BCUT2D eigenvalue weighted by molar-refractivity contribution is -0.147. The molecule has 5 atom stereocenters. The van der Waals surface area contributed by atoms with Gasteiger partial charge in [0.25, 0.3) is 0 Å². The van der Waals surface area contributed by atoms with Crippen LogP contribution in [0.15, 0.2) is 67.0 Å². The molecule has 0 amide bonds. The van der Waals surface area contributed by atoms with Crippen molar-refractivity contribution in [2.24, 2.45) is 5.92 Å². The van der Waals surface area contributed by atoms with E-state index in [4.69, 9.17) is 24.3 Å². The molecule has 55 heavy (non-hydrogen) atoms. The third kappa shape index (κ3) is 12.0. The molecule has 4 N–H and O–H groups in total. The van der Waals surface area contributed by atoms with Gasteiger partial charge in [-0.2, -0.15) is 19.4 Å². The van der Waals surface area contributed by atoms with Gasteiger partial charge in [0.2, 0.25) is 0 Å². The maximum absolute atomic E-state index is 14.8. The summed E-state index contributed by atoms with van der Waals surface area (Å²) in [4.78, 5) is 25.6. The van der Waals surface area contributed by atoms with Gasteiger partial charge in [0.1, 0.15) is 23.6 Å². The Morgan fingerprint density at radius 3 is 2.35 bits per heavy atom. The number of halogens is 1. The molecule has 300 valence electrons. The maximum Gasteiger partial charge on any atom is 0.459 e. The second-order valence-corrected chi connectivity index (χ2v) is 16.3. The molecule has 0 saturated carbocycles. The Morgan fingerprint density at radius 1 is 1.04 bits per heavy atom. The SMILES string of the molecule is CCCCCCC(CCCCCC)COC(=O)[C@H](Cc1ccccc1)NP(=O)(OC[C@@]1(C)O[C@@H](n2cnc3c(N)nc(F)nc32)C[C@@H]1O)Oc1ccccc1. The highest BCUT2D eigenvalue weighted by Crippen LogP contribution is 2.48. The van der Waals surface area contributed by atoms with Crippen LogP contribution in [0.1, 0.15) is 103 Å². The molecule has 1 unspecified atom stereocenters. The molecule has 2 aromatic heterocycles. The lowest BCUT2D eigenvalue weighted by Gasteiger charge is -2.31. The number of hydrogen-bond donors (Lipinski definition) is 3. The molecule has 3 heterocycles. The fourth-order valence-electron chi connectivity index (χ4n) is 6.78. The van der Waals surface area contributed by atoms with Gasteiger partial charge < -0.3 is 24.8 Å². The van der Waals surface area contributed by atoms with Crippen LogP contribution in [-0.4, -0.2) is 61.6 Å². The van der Waals surface area contributed by atoms with Gasteiger partial charge in [-0.15, -0.1) is 0 Å². The number of rotatable bonds is 23. The molecule has 13 nitrogen and oxygen atoms in total. The van der Waals surface area contributed by atoms with E-state index in [0.29, 0.717) is 0 Å². The van der Waals surface area contributed by atoms with Gasteiger partial charge >= 0.3 is 19.8 Å². The van der Waals surface area contributed by atoms with Gasteiger partial charge in [-0.05, 0) is 49.8 Å². The van der Waals surface area contributed by atoms with Gasteiger partial charge in [0, 0.05) is 6.42 Å². The lowest BCUT2D eigenvalue weighted by atomic mass is 9.95. The molecule has 2 aromatic carbocycles. The van der Waals surface area contributed by atoms with Crippen molar-refractivity contribution in [2.75, 3.05) is 18.9 Å². The van der Waals surface area contributed by atoms with Crippen molar-refractivity contribution in [3.63, 3.8) is 0 Å². The summed E-state index contributed by atoms with van der Waals surface area (Å²) >= 11 is 0. The number of aliphatic hydroxyl groups is 1. The first-order valence-electron chi connectivity index (χ1n) is 19.5. The van der Waals surface area contributed by atoms with Crippen molar-refractivity contribution in [3.05, 3.63) is 78.6 Å². The molecular weight excluding hydrogens is 726 g/mol. The number of ether oxygens (including phenoxy) is 2. The van der Waals surface area contributed by atoms with Crippen molar-refractivity contribution in [1.29, 1.82) is 0 Å². The molecule has 1 saturated heterocycles. The summed E-state index contributed by atoms with van der Waals surface area (Å²) in [5.41, 5.74) is 5.52. The van der Waals surface area contributed by atoms with E-state index in [1.165, 1.54) is 23.7 Å². The number of anilines is 1. The van der Waals surface area contributed by atoms with E-state index in [2.05, 4.69) is 33.9 Å². The van der Waals surface area contributed by atoms with Crippen LogP contribution in [-0.2, 0) is 29.8 Å².